The molecule has 0 aliphatic carbocycles. The predicted molar refractivity (Wildman–Crippen MR) is 65.2 cm³/mol. The molecule has 2 rings (SSSR count). The highest BCUT2D eigenvalue weighted by Gasteiger charge is 2.54. The molecule has 4 atom stereocenters. The second-order valence-electron chi connectivity index (χ2n) is 4.91. The van der Waals surface area contributed by atoms with E-state index in [4.69, 9.17) is 4.42 Å². The van der Waals surface area contributed by atoms with Crippen LogP contribution in [0.15, 0.2) is 35.5 Å². The van der Waals surface area contributed by atoms with Crippen molar-refractivity contribution in [2.45, 2.75) is 37.6 Å². The van der Waals surface area contributed by atoms with E-state index in [1.54, 1.807) is 6.26 Å². The Balaban J connectivity index is 2.19. The molecule has 0 amide bonds. The molecule has 4 heteroatoms. The molecule has 1 aromatic heterocycles. The number of rotatable bonds is 3. The van der Waals surface area contributed by atoms with Gasteiger partial charge >= 0.3 is 0 Å². The van der Waals surface area contributed by atoms with Gasteiger partial charge in [-0.3, -0.25) is 0 Å². The molecular weight excluding hydrogens is 222 g/mol. The highest BCUT2D eigenvalue weighted by atomic mass is 32.2. The normalized spacial score (nSPS) is 31.1. The van der Waals surface area contributed by atoms with E-state index in [0.29, 0.717) is 0 Å². The zero-order valence-corrected chi connectivity index (χ0v) is 10.7. The summed E-state index contributed by atoms with van der Waals surface area (Å²) in [6.07, 6.45) is 3.48. The molecular formula is C12H17NO2S. The second-order valence-corrected chi connectivity index (χ2v) is 7.05. The van der Waals surface area contributed by atoms with Gasteiger partial charge in [0.05, 0.1) is 17.1 Å². The van der Waals surface area contributed by atoms with Crippen LogP contribution in [0.1, 0.15) is 32.6 Å². The number of hydrogen-bond acceptors (Lipinski definition) is 2. The summed E-state index contributed by atoms with van der Waals surface area (Å²) in [5.41, 5.74) is 0. The van der Waals surface area contributed by atoms with Gasteiger partial charge in [-0.05, 0) is 32.9 Å². The zero-order valence-electron chi connectivity index (χ0n) is 9.84. The van der Waals surface area contributed by atoms with Gasteiger partial charge in [0, 0.05) is 0 Å². The third kappa shape index (κ3) is 1.87. The lowest BCUT2D eigenvalue weighted by Gasteiger charge is -2.18. The lowest BCUT2D eigenvalue weighted by molar-refractivity contribution is 0.493. The Labute approximate surface area is 98.7 Å². The van der Waals surface area contributed by atoms with Gasteiger partial charge in [0.1, 0.15) is 22.8 Å². The molecule has 0 saturated carbocycles. The number of furan rings is 1. The predicted octanol–water partition coefficient (Wildman–Crippen LogP) is 2.65. The smallest absolute Gasteiger partial charge is 0.123 e. The van der Waals surface area contributed by atoms with Crippen LogP contribution in [-0.4, -0.2) is 19.3 Å². The summed E-state index contributed by atoms with van der Waals surface area (Å²) in [6, 6.07) is 3.99. The van der Waals surface area contributed by atoms with Crippen molar-refractivity contribution in [3.63, 3.8) is 0 Å². The van der Waals surface area contributed by atoms with Crippen molar-refractivity contribution in [1.82, 2.24) is 4.31 Å². The molecule has 16 heavy (non-hydrogen) atoms. The summed E-state index contributed by atoms with van der Waals surface area (Å²) in [5, 5.41) is 0. The van der Waals surface area contributed by atoms with E-state index < -0.39 is 11.0 Å². The topological polar surface area (TPSA) is 33.2 Å². The molecule has 1 aromatic rings. The van der Waals surface area contributed by atoms with Crippen LogP contribution in [0.3, 0.4) is 0 Å². The van der Waals surface area contributed by atoms with Gasteiger partial charge in [-0.15, -0.1) is 6.58 Å². The van der Waals surface area contributed by atoms with Gasteiger partial charge in [0.2, 0.25) is 0 Å². The highest BCUT2D eigenvalue weighted by molar-refractivity contribution is 7.84. The van der Waals surface area contributed by atoms with Crippen LogP contribution in [0.25, 0.3) is 0 Å². The average Bonchev–Trinajstić information content (AvgIpc) is 2.67. The van der Waals surface area contributed by atoms with Crippen LogP contribution in [0.2, 0.25) is 0 Å². The van der Waals surface area contributed by atoms with E-state index in [0.717, 1.165) is 5.76 Å². The minimum absolute atomic E-state index is 0.0903. The van der Waals surface area contributed by atoms with Gasteiger partial charge in [-0.25, -0.2) is 8.51 Å². The summed E-state index contributed by atoms with van der Waals surface area (Å²) in [7, 11) is -1.02. The lowest BCUT2D eigenvalue weighted by atomic mass is 10.2. The molecule has 3 nitrogen and oxygen atoms in total. The first-order chi connectivity index (χ1) is 7.46. The molecule has 1 unspecified atom stereocenters. The van der Waals surface area contributed by atoms with Crippen molar-refractivity contribution in [2.24, 2.45) is 0 Å². The largest absolute Gasteiger partial charge is 0.468 e. The molecule has 1 aliphatic heterocycles. The minimum atomic E-state index is -1.02. The van der Waals surface area contributed by atoms with Crippen LogP contribution in [0, 0.1) is 0 Å². The average molecular weight is 239 g/mol. The van der Waals surface area contributed by atoms with Crippen LogP contribution in [0.5, 0.6) is 0 Å². The van der Waals surface area contributed by atoms with E-state index >= 15 is 0 Å². The fraction of sp³-hybridized carbons (Fsp3) is 0.500. The van der Waals surface area contributed by atoms with E-state index in [1.165, 1.54) is 0 Å². The monoisotopic (exact) mass is 239 g/mol. The van der Waals surface area contributed by atoms with Crippen LogP contribution in [-0.2, 0) is 11.0 Å². The molecule has 0 aromatic carbocycles. The number of hydrogen-bond donors (Lipinski definition) is 0. The Hall–Kier alpha value is -0.870. The maximum atomic E-state index is 12.2. The molecule has 0 bridgehead atoms. The Morgan fingerprint density at radius 3 is 2.69 bits per heavy atom. The molecule has 2 heterocycles. The van der Waals surface area contributed by atoms with Crippen molar-refractivity contribution in [2.75, 3.05) is 0 Å². The number of nitrogens with zero attached hydrogens (tertiary/aromatic N) is 1. The summed E-state index contributed by atoms with van der Waals surface area (Å²) < 4.78 is 19.3. The highest BCUT2D eigenvalue weighted by Crippen LogP contribution is 2.47. The third-order valence-corrected chi connectivity index (χ3v) is 4.49. The lowest BCUT2D eigenvalue weighted by Crippen LogP contribution is -2.28. The van der Waals surface area contributed by atoms with Crippen molar-refractivity contribution < 1.29 is 8.63 Å². The van der Waals surface area contributed by atoms with Crippen molar-refractivity contribution in [1.29, 1.82) is 0 Å². The van der Waals surface area contributed by atoms with Gasteiger partial charge in [0.15, 0.2) is 0 Å². The van der Waals surface area contributed by atoms with Crippen LogP contribution >= 0.6 is 0 Å². The molecule has 0 radical (unpaired) electrons. The first-order valence-corrected chi connectivity index (χ1v) is 6.44. The summed E-state index contributed by atoms with van der Waals surface area (Å²) in [6.45, 7) is 9.70. The summed E-state index contributed by atoms with van der Waals surface area (Å²) in [5.74, 6) is 0.863. The van der Waals surface area contributed by atoms with E-state index in [9.17, 15) is 4.21 Å². The molecule has 88 valence electrons. The summed E-state index contributed by atoms with van der Waals surface area (Å²) in [4.78, 5) is 0. The van der Waals surface area contributed by atoms with Crippen LogP contribution < -0.4 is 0 Å². The van der Waals surface area contributed by atoms with Crippen molar-refractivity contribution in [3.05, 3.63) is 36.8 Å². The molecule has 0 N–H and O–H groups in total. The van der Waals surface area contributed by atoms with Crippen molar-refractivity contribution >= 4 is 11.0 Å². The fourth-order valence-electron chi connectivity index (χ4n) is 1.74. The SMILES string of the molecule is C=C[C@H]1[C@@H](c2ccco2)N1[S@](=O)C(C)(C)C. The standard InChI is InChI=1S/C12H17NO2S/c1-5-9-11(10-7-6-8-15-10)13(9)16(14)12(2,3)4/h5-9,11H,1H2,2-4H3/t9-,11-,13?,16+/m0/s1. The van der Waals surface area contributed by atoms with Gasteiger partial charge in [0.25, 0.3) is 0 Å². The molecule has 0 spiro atoms. The van der Waals surface area contributed by atoms with Gasteiger partial charge in [-0.2, -0.15) is 0 Å². The second kappa shape index (κ2) is 3.86. The maximum absolute atomic E-state index is 12.2. The molecule has 1 fully saturated rings. The maximum Gasteiger partial charge on any atom is 0.123 e. The Morgan fingerprint density at radius 1 is 1.56 bits per heavy atom. The van der Waals surface area contributed by atoms with Gasteiger partial charge < -0.3 is 4.42 Å². The summed E-state index contributed by atoms with van der Waals surface area (Å²) >= 11 is 0. The Morgan fingerprint density at radius 2 is 2.25 bits per heavy atom. The minimum Gasteiger partial charge on any atom is -0.468 e. The third-order valence-electron chi connectivity index (χ3n) is 2.59. The van der Waals surface area contributed by atoms with Gasteiger partial charge in [-0.1, -0.05) is 6.08 Å². The molecule has 1 saturated heterocycles. The van der Waals surface area contributed by atoms with E-state index in [-0.39, 0.29) is 16.8 Å². The fourth-order valence-corrected chi connectivity index (χ4v) is 3.18. The first-order valence-electron chi connectivity index (χ1n) is 5.33. The Bertz CT molecular complexity index is 405. The zero-order chi connectivity index (χ0) is 11.9. The Kier molecular flexibility index (Phi) is 2.80. The van der Waals surface area contributed by atoms with Crippen LogP contribution in [0.4, 0.5) is 0 Å². The first kappa shape index (κ1) is 11.6. The quantitative estimate of drug-likeness (QED) is 0.600. The molecule has 1 aliphatic rings. The van der Waals surface area contributed by atoms with Crippen molar-refractivity contribution in [3.8, 4) is 0 Å². The van der Waals surface area contributed by atoms with E-state index in [1.807, 2.05) is 43.3 Å². The van der Waals surface area contributed by atoms with E-state index in [2.05, 4.69) is 6.58 Å².